The third kappa shape index (κ3) is 4.99. The van der Waals surface area contributed by atoms with Crippen LogP contribution < -0.4 is 21.7 Å². The molecule has 3 aromatic carbocycles. The summed E-state index contributed by atoms with van der Waals surface area (Å²) in [6.45, 7) is 2.24. The standard InChI is InChI=1S/C23H20ClN5O2S/c1-13-3-2-4-17(24)20(13)28-21(30)15-7-10-18-19(11-15)32-23(27-18)29-22(31)26-12-14-5-8-16(25)9-6-14/h2-11H,12,25H2,1H3,(H,28,30)(H2,26,27,29,31). The summed E-state index contributed by atoms with van der Waals surface area (Å²) >= 11 is 7.49. The molecule has 1 aromatic heterocycles. The van der Waals surface area contributed by atoms with Gasteiger partial charge < -0.3 is 16.4 Å². The molecule has 0 saturated carbocycles. The normalized spacial score (nSPS) is 10.7. The number of hydrogen-bond donors (Lipinski definition) is 4. The molecule has 0 aliphatic carbocycles. The number of aromatic nitrogens is 1. The predicted octanol–water partition coefficient (Wildman–Crippen LogP) is 5.41. The first-order valence-electron chi connectivity index (χ1n) is 9.75. The minimum Gasteiger partial charge on any atom is -0.399 e. The number of fused-ring (bicyclic) bond motifs is 1. The zero-order chi connectivity index (χ0) is 22.7. The maximum Gasteiger partial charge on any atom is 0.321 e. The fourth-order valence-electron chi connectivity index (χ4n) is 3.05. The molecular formula is C23H20ClN5O2S. The van der Waals surface area contributed by atoms with E-state index in [4.69, 9.17) is 17.3 Å². The summed E-state index contributed by atoms with van der Waals surface area (Å²) in [6, 6.07) is 17.5. The number of nitrogens with one attached hydrogen (secondary N) is 3. The van der Waals surface area contributed by atoms with E-state index in [1.165, 1.54) is 11.3 Å². The molecule has 4 aromatic rings. The fourth-order valence-corrected chi connectivity index (χ4v) is 4.22. The molecule has 9 heteroatoms. The number of thiazole rings is 1. The molecule has 3 amide bonds. The first-order valence-corrected chi connectivity index (χ1v) is 10.9. The van der Waals surface area contributed by atoms with Gasteiger partial charge in [-0.2, -0.15) is 0 Å². The van der Waals surface area contributed by atoms with Gasteiger partial charge in [-0.05, 0) is 54.4 Å². The summed E-state index contributed by atoms with van der Waals surface area (Å²) in [6.07, 6.45) is 0. The number of amides is 3. The van der Waals surface area contributed by atoms with Gasteiger partial charge in [0.1, 0.15) is 0 Å². The summed E-state index contributed by atoms with van der Waals surface area (Å²) < 4.78 is 0.780. The van der Waals surface area contributed by atoms with Gasteiger partial charge in [0.2, 0.25) is 0 Å². The summed E-state index contributed by atoms with van der Waals surface area (Å²) in [5.74, 6) is -0.271. The van der Waals surface area contributed by atoms with Crippen LogP contribution in [0.3, 0.4) is 0 Å². The van der Waals surface area contributed by atoms with Gasteiger partial charge in [-0.3, -0.25) is 10.1 Å². The van der Waals surface area contributed by atoms with Crippen molar-refractivity contribution in [1.29, 1.82) is 0 Å². The van der Waals surface area contributed by atoms with Gasteiger partial charge in [0.15, 0.2) is 5.13 Å². The number of anilines is 3. The molecule has 0 atom stereocenters. The van der Waals surface area contributed by atoms with E-state index in [2.05, 4.69) is 20.9 Å². The number of rotatable bonds is 5. The maximum absolute atomic E-state index is 12.7. The van der Waals surface area contributed by atoms with Gasteiger partial charge in [-0.1, -0.05) is 47.2 Å². The summed E-state index contributed by atoms with van der Waals surface area (Å²) in [5.41, 5.74) is 9.89. The molecule has 0 aliphatic rings. The van der Waals surface area contributed by atoms with Crippen LogP contribution in [-0.4, -0.2) is 16.9 Å². The van der Waals surface area contributed by atoms with Crippen LogP contribution in [0.25, 0.3) is 10.2 Å². The quantitative estimate of drug-likeness (QED) is 0.295. The second-order valence-electron chi connectivity index (χ2n) is 7.14. The highest BCUT2D eigenvalue weighted by Gasteiger charge is 2.13. The van der Waals surface area contributed by atoms with Gasteiger partial charge in [0.25, 0.3) is 5.91 Å². The lowest BCUT2D eigenvalue weighted by Gasteiger charge is -2.10. The molecule has 0 bridgehead atoms. The number of carbonyl (C=O) groups excluding carboxylic acids is 2. The Balaban J connectivity index is 1.42. The second-order valence-corrected chi connectivity index (χ2v) is 8.57. The fraction of sp³-hybridized carbons (Fsp3) is 0.0870. The number of benzene rings is 3. The molecule has 0 fully saturated rings. The van der Waals surface area contributed by atoms with Crippen molar-refractivity contribution >= 4 is 61.6 Å². The van der Waals surface area contributed by atoms with Crippen LogP contribution in [0.4, 0.5) is 21.3 Å². The van der Waals surface area contributed by atoms with Crippen LogP contribution in [0.2, 0.25) is 5.02 Å². The van der Waals surface area contributed by atoms with Crippen molar-refractivity contribution in [2.24, 2.45) is 0 Å². The van der Waals surface area contributed by atoms with Crippen molar-refractivity contribution in [2.45, 2.75) is 13.5 Å². The number of halogens is 1. The predicted molar refractivity (Wildman–Crippen MR) is 130 cm³/mol. The van der Waals surface area contributed by atoms with Crippen LogP contribution in [0, 0.1) is 6.92 Å². The molecule has 0 unspecified atom stereocenters. The third-order valence-corrected chi connectivity index (χ3v) is 6.01. The van der Waals surface area contributed by atoms with Gasteiger partial charge in [0.05, 0.1) is 20.9 Å². The van der Waals surface area contributed by atoms with Crippen molar-refractivity contribution in [3.8, 4) is 0 Å². The van der Waals surface area contributed by atoms with Crippen molar-refractivity contribution in [3.05, 3.63) is 82.4 Å². The first kappa shape index (κ1) is 21.6. The minimum atomic E-state index is -0.368. The molecule has 0 radical (unpaired) electrons. The van der Waals surface area contributed by atoms with Crippen molar-refractivity contribution < 1.29 is 9.59 Å². The van der Waals surface area contributed by atoms with E-state index < -0.39 is 0 Å². The Bertz CT molecular complexity index is 1280. The van der Waals surface area contributed by atoms with Crippen LogP contribution in [0.5, 0.6) is 0 Å². The number of nitrogens with two attached hydrogens (primary N) is 1. The molecular weight excluding hydrogens is 446 g/mol. The maximum atomic E-state index is 12.7. The molecule has 162 valence electrons. The molecule has 5 N–H and O–H groups in total. The largest absolute Gasteiger partial charge is 0.399 e. The summed E-state index contributed by atoms with van der Waals surface area (Å²) in [4.78, 5) is 29.3. The SMILES string of the molecule is Cc1cccc(Cl)c1NC(=O)c1ccc2nc(NC(=O)NCc3ccc(N)cc3)sc2c1. The Morgan fingerprint density at radius 1 is 1.06 bits per heavy atom. The van der Waals surface area contributed by atoms with Crippen molar-refractivity contribution in [1.82, 2.24) is 10.3 Å². The van der Waals surface area contributed by atoms with Crippen LogP contribution in [0.15, 0.2) is 60.7 Å². The topological polar surface area (TPSA) is 109 Å². The lowest BCUT2D eigenvalue weighted by Crippen LogP contribution is -2.28. The van der Waals surface area contributed by atoms with E-state index in [0.717, 1.165) is 15.8 Å². The van der Waals surface area contributed by atoms with Crippen LogP contribution in [-0.2, 0) is 6.54 Å². The lowest BCUT2D eigenvalue weighted by molar-refractivity contribution is 0.102. The average molecular weight is 466 g/mol. The molecule has 0 aliphatic heterocycles. The van der Waals surface area contributed by atoms with E-state index in [9.17, 15) is 9.59 Å². The second kappa shape index (κ2) is 9.25. The average Bonchev–Trinajstić information content (AvgIpc) is 3.17. The first-order chi connectivity index (χ1) is 15.4. The van der Waals surface area contributed by atoms with Gasteiger partial charge in [-0.25, -0.2) is 9.78 Å². The molecule has 4 rings (SSSR count). The monoisotopic (exact) mass is 465 g/mol. The van der Waals surface area contributed by atoms with E-state index in [1.54, 1.807) is 36.4 Å². The minimum absolute atomic E-state index is 0.271. The van der Waals surface area contributed by atoms with Crippen LogP contribution in [0.1, 0.15) is 21.5 Å². The van der Waals surface area contributed by atoms with E-state index in [0.29, 0.717) is 39.2 Å². The molecule has 0 spiro atoms. The zero-order valence-corrected chi connectivity index (χ0v) is 18.7. The highest BCUT2D eigenvalue weighted by molar-refractivity contribution is 7.22. The molecule has 32 heavy (non-hydrogen) atoms. The number of hydrogen-bond acceptors (Lipinski definition) is 5. The van der Waals surface area contributed by atoms with E-state index in [1.807, 2.05) is 31.2 Å². The molecule has 7 nitrogen and oxygen atoms in total. The summed E-state index contributed by atoms with van der Waals surface area (Å²) in [7, 11) is 0. The Morgan fingerprint density at radius 3 is 2.59 bits per heavy atom. The highest BCUT2D eigenvalue weighted by atomic mass is 35.5. The summed E-state index contributed by atoms with van der Waals surface area (Å²) in [5, 5.41) is 9.29. The van der Waals surface area contributed by atoms with E-state index in [-0.39, 0.29) is 11.9 Å². The zero-order valence-electron chi connectivity index (χ0n) is 17.1. The highest BCUT2D eigenvalue weighted by Crippen LogP contribution is 2.29. The Labute approximate surface area is 193 Å². The Kier molecular flexibility index (Phi) is 6.25. The van der Waals surface area contributed by atoms with Crippen molar-refractivity contribution in [2.75, 3.05) is 16.4 Å². The Hall–Kier alpha value is -3.62. The smallest absolute Gasteiger partial charge is 0.321 e. The lowest BCUT2D eigenvalue weighted by atomic mass is 10.1. The Morgan fingerprint density at radius 2 is 1.84 bits per heavy atom. The molecule has 1 heterocycles. The number of nitrogen functional groups attached to an aromatic ring is 1. The van der Waals surface area contributed by atoms with E-state index >= 15 is 0 Å². The number of nitrogens with zero attached hydrogens (tertiary/aromatic N) is 1. The van der Waals surface area contributed by atoms with Crippen molar-refractivity contribution in [3.63, 3.8) is 0 Å². The third-order valence-electron chi connectivity index (χ3n) is 4.76. The van der Waals surface area contributed by atoms with Gasteiger partial charge >= 0.3 is 6.03 Å². The van der Waals surface area contributed by atoms with Crippen LogP contribution >= 0.6 is 22.9 Å². The number of aryl methyl sites for hydroxylation is 1. The number of para-hydroxylation sites is 1. The van der Waals surface area contributed by atoms with Gasteiger partial charge in [-0.15, -0.1) is 0 Å². The number of carbonyl (C=O) groups is 2. The van der Waals surface area contributed by atoms with Gasteiger partial charge in [0, 0.05) is 17.8 Å². The molecule has 0 saturated heterocycles. The number of urea groups is 1.